The van der Waals surface area contributed by atoms with Crippen molar-refractivity contribution in [1.29, 1.82) is 0 Å². The zero-order valence-corrected chi connectivity index (χ0v) is 21.5. The summed E-state index contributed by atoms with van der Waals surface area (Å²) in [5.74, 6) is 3.23. The van der Waals surface area contributed by atoms with Crippen molar-refractivity contribution in [3.05, 3.63) is 35.9 Å². The fourth-order valence-electron chi connectivity index (χ4n) is 5.40. The molecule has 3 fully saturated rings. The van der Waals surface area contributed by atoms with Crippen LogP contribution >= 0.6 is 36.6 Å². The molecule has 0 aliphatic carbocycles. The molecule has 0 bridgehead atoms. The predicted molar refractivity (Wildman–Crippen MR) is 136 cm³/mol. The van der Waals surface area contributed by atoms with Crippen LogP contribution in [0, 0.1) is 11.7 Å². The Bertz CT molecular complexity index is 880. The molecule has 0 radical (unpaired) electrons. The molecule has 0 saturated carbocycles. The summed E-state index contributed by atoms with van der Waals surface area (Å²) < 4.78 is 20.9. The van der Waals surface area contributed by atoms with E-state index in [2.05, 4.69) is 31.6 Å². The molecule has 184 valence electrons. The van der Waals surface area contributed by atoms with Gasteiger partial charge in [0.2, 0.25) is 0 Å². The highest BCUT2D eigenvalue weighted by Gasteiger charge is 2.41. The lowest BCUT2D eigenvalue weighted by Gasteiger charge is -2.27. The first kappa shape index (κ1) is 26.5. The summed E-state index contributed by atoms with van der Waals surface area (Å²) in [6.45, 7) is 6.18. The largest absolute Gasteiger partial charge is 0.381 e. The Balaban J connectivity index is 0.00000153. The van der Waals surface area contributed by atoms with E-state index in [9.17, 15) is 4.39 Å². The SMILES string of the molecule is Cl.Cl.Cn1c(SCCCN2C[C@H]3CCN(c4ccc(F)cc4)[C@H]3C2)nnc1C1CCOCC1. The van der Waals surface area contributed by atoms with Gasteiger partial charge >= 0.3 is 0 Å². The van der Waals surface area contributed by atoms with Gasteiger partial charge in [-0.15, -0.1) is 35.0 Å². The van der Waals surface area contributed by atoms with E-state index in [4.69, 9.17) is 4.74 Å². The first-order valence-corrected chi connectivity index (χ1v) is 12.5. The number of hydrogen-bond acceptors (Lipinski definition) is 6. The second-order valence-corrected chi connectivity index (χ2v) is 10.1. The summed E-state index contributed by atoms with van der Waals surface area (Å²) in [6, 6.07) is 7.57. The summed E-state index contributed by atoms with van der Waals surface area (Å²) in [7, 11) is 2.10. The van der Waals surface area contributed by atoms with Crippen LogP contribution in [0.4, 0.5) is 10.1 Å². The Kier molecular flexibility index (Phi) is 9.71. The number of fused-ring (bicyclic) bond motifs is 1. The predicted octanol–water partition coefficient (Wildman–Crippen LogP) is 4.38. The van der Waals surface area contributed by atoms with E-state index >= 15 is 0 Å². The Morgan fingerprint density at radius 2 is 1.82 bits per heavy atom. The number of halogens is 3. The number of hydrogen-bond donors (Lipinski definition) is 0. The summed E-state index contributed by atoms with van der Waals surface area (Å²) in [4.78, 5) is 5.09. The minimum atomic E-state index is -0.159. The Morgan fingerprint density at radius 3 is 2.58 bits per heavy atom. The molecule has 3 saturated heterocycles. The summed E-state index contributed by atoms with van der Waals surface area (Å²) >= 11 is 1.82. The highest BCUT2D eigenvalue weighted by Crippen LogP contribution is 2.35. The number of ether oxygens (including phenoxy) is 1. The lowest BCUT2D eigenvalue weighted by atomic mass is 10.00. The molecule has 4 heterocycles. The van der Waals surface area contributed by atoms with Crippen molar-refractivity contribution in [3.63, 3.8) is 0 Å². The molecular formula is C23H34Cl2FN5OS. The van der Waals surface area contributed by atoms with Gasteiger partial charge in [-0.1, -0.05) is 11.8 Å². The van der Waals surface area contributed by atoms with Crippen molar-refractivity contribution in [1.82, 2.24) is 19.7 Å². The van der Waals surface area contributed by atoms with Crippen molar-refractivity contribution < 1.29 is 9.13 Å². The van der Waals surface area contributed by atoms with Gasteiger partial charge in [0.05, 0.1) is 0 Å². The third-order valence-corrected chi connectivity index (χ3v) is 8.19. The van der Waals surface area contributed by atoms with Crippen molar-refractivity contribution in [2.24, 2.45) is 13.0 Å². The van der Waals surface area contributed by atoms with Crippen molar-refractivity contribution >= 4 is 42.3 Å². The van der Waals surface area contributed by atoms with Gasteiger partial charge in [0, 0.05) is 63.3 Å². The molecule has 10 heteroatoms. The number of likely N-dealkylation sites (tertiary alicyclic amines) is 1. The molecule has 2 aromatic rings. The van der Waals surface area contributed by atoms with E-state index in [1.54, 1.807) is 12.1 Å². The zero-order valence-electron chi connectivity index (χ0n) is 19.1. The zero-order chi connectivity index (χ0) is 21.2. The first-order valence-electron chi connectivity index (χ1n) is 11.5. The molecule has 1 aromatic heterocycles. The van der Waals surface area contributed by atoms with Crippen LogP contribution in [-0.4, -0.2) is 70.9 Å². The first-order chi connectivity index (χ1) is 15.2. The standard InChI is InChI=1S/C23H32FN5OS.2ClH/c1-27-22(17-8-12-30-13-9-17)25-26-23(27)31-14-2-10-28-15-18-7-11-29(21(18)16-28)20-5-3-19(24)4-6-20;;/h3-6,17-18,21H,2,7-16H2,1H3;2*1H/t18-,21+;;/m1../s1. The highest BCUT2D eigenvalue weighted by atomic mass is 35.5. The molecule has 6 nitrogen and oxygen atoms in total. The van der Waals surface area contributed by atoms with Crippen molar-refractivity contribution in [2.45, 2.75) is 42.8 Å². The van der Waals surface area contributed by atoms with Crippen LogP contribution < -0.4 is 4.90 Å². The van der Waals surface area contributed by atoms with Gasteiger partial charge in [-0.3, -0.25) is 0 Å². The summed E-state index contributed by atoms with van der Waals surface area (Å²) in [5, 5.41) is 9.95. The Morgan fingerprint density at radius 1 is 1.06 bits per heavy atom. The molecular weight excluding hydrogens is 484 g/mol. The average Bonchev–Trinajstić information content (AvgIpc) is 3.47. The van der Waals surface area contributed by atoms with E-state index in [1.165, 1.54) is 13.0 Å². The molecule has 0 unspecified atom stereocenters. The van der Waals surface area contributed by atoms with E-state index in [0.29, 0.717) is 12.0 Å². The fraction of sp³-hybridized carbons (Fsp3) is 0.652. The third-order valence-electron chi connectivity index (χ3n) is 7.09. The number of anilines is 1. The summed E-state index contributed by atoms with van der Waals surface area (Å²) in [5.41, 5.74) is 1.16. The van der Waals surface area contributed by atoms with Crippen LogP contribution in [-0.2, 0) is 11.8 Å². The third kappa shape index (κ3) is 5.96. The number of aromatic nitrogens is 3. The molecule has 0 N–H and O–H groups in total. The summed E-state index contributed by atoms with van der Waals surface area (Å²) in [6.07, 6.45) is 4.48. The van der Waals surface area contributed by atoms with Crippen LogP contribution in [0.15, 0.2) is 29.4 Å². The normalized spacial score (nSPS) is 23.3. The highest BCUT2D eigenvalue weighted by molar-refractivity contribution is 7.99. The Hall–Kier alpha value is -1.06. The van der Waals surface area contributed by atoms with Gasteiger partial charge in [0.15, 0.2) is 5.16 Å². The lowest BCUT2D eigenvalue weighted by Crippen LogP contribution is -2.35. The maximum absolute atomic E-state index is 13.3. The van der Waals surface area contributed by atoms with E-state index in [1.807, 2.05) is 23.9 Å². The topological polar surface area (TPSA) is 46.4 Å². The van der Waals surface area contributed by atoms with E-state index in [-0.39, 0.29) is 30.6 Å². The number of rotatable bonds is 7. The fourth-order valence-corrected chi connectivity index (χ4v) is 6.24. The monoisotopic (exact) mass is 517 g/mol. The number of benzene rings is 1. The van der Waals surface area contributed by atoms with Crippen LogP contribution in [0.5, 0.6) is 0 Å². The van der Waals surface area contributed by atoms with Crippen LogP contribution in [0.25, 0.3) is 0 Å². The van der Waals surface area contributed by atoms with Crippen molar-refractivity contribution in [3.8, 4) is 0 Å². The molecule has 5 rings (SSSR count). The van der Waals surface area contributed by atoms with Gasteiger partial charge in [0.25, 0.3) is 0 Å². The minimum Gasteiger partial charge on any atom is -0.381 e. The van der Waals surface area contributed by atoms with Crippen LogP contribution in [0.1, 0.15) is 37.4 Å². The quantitative estimate of drug-likeness (QED) is 0.401. The number of thioether (sulfide) groups is 1. The van der Waals surface area contributed by atoms with Crippen LogP contribution in [0.2, 0.25) is 0 Å². The van der Waals surface area contributed by atoms with Crippen molar-refractivity contribution in [2.75, 3.05) is 50.0 Å². The molecule has 0 amide bonds. The van der Waals surface area contributed by atoms with Crippen LogP contribution in [0.3, 0.4) is 0 Å². The second-order valence-electron chi connectivity index (χ2n) is 9.03. The van der Waals surface area contributed by atoms with Gasteiger partial charge in [-0.25, -0.2) is 4.39 Å². The second kappa shape index (κ2) is 12.1. The maximum atomic E-state index is 13.3. The van der Waals surface area contributed by atoms with Gasteiger partial charge < -0.3 is 19.1 Å². The smallest absolute Gasteiger partial charge is 0.190 e. The maximum Gasteiger partial charge on any atom is 0.190 e. The minimum absolute atomic E-state index is 0. The molecule has 0 spiro atoms. The molecule has 33 heavy (non-hydrogen) atoms. The van der Waals surface area contributed by atoms with E-state index in [0.717, 1.165) is 80.4 Å². The Labute approximate surface area is 212 Å². The van der Waals surface area contributed by atoms with Gasteiger partial charge in [-0.05, 0) is 62.4 Å². The molecule has 1 aromatic carbocycles. The molecule has 3 aliphatic rings. The lowest BCUT2D eigenvalue weighted by molar-refractivity contribution is 0.0828. The molecule has 2 atom stereocenters. The van der Waals surface area contributed by atoms with Gasteiger partial charge in [0.1, 0.15) is 11.6 Å². The average molecular weight is 519 g/mol. The van der Waals surface area contributed by atoms with Gasteiger partial charge in [-0.2, -0.15) is 0 Å². The molecule has 3 aliphatic heterocycles. The number of nitrogens with zero attached hydrogens (tertiary/aromatic N) is 5. The van der Waals surface area contributed by atoms with E-state index < -0.39 is 0 Å².